The topological polar surface area (TPSA) is 35.6 Å². The Labute approximate surface area is 146 Å². The zero-order valence-electron chi connectivity index (χ0n) is 15.2. The molecule has 0 aromatic carbocycles. The predicted molar refractivity (Wildman–Crippen MR) is 100 cm³/mol. The van der Waals surface area contributed by atoms with Gasteiger partial charge in [-0.3, -0.25) is 14.6 Å². The molecule has 0 bridgehead atoms. The van der Waals surface area contributed by atoms with E-state index in [1.165, 1.54) is 25.1 Å². The van der Waals surface area contributed by atoms with Crippen molar-refractivity contribution in [1.82, 2.24) is 15.1 Å². The monoisotopic (exact) mass is 341 g/mol. The molecule has 1 saturated carbocycles. The van der Waals surface area contributed by atoms with Crippen molar-refractivity contribution in [3.05, 3.63) is 0 Å². The van der Waals surface area contributed by atoms with Gasteiger partial charge in [0.1, 0.15) is 0 Å². The molecule has 0 spiro atoms. The van der Waals surface area contributed by atoms with E-state index in [9.17, 15) is 4.79 Å². The van der Waals surface area contributed by atoms with Crippen LogP contribution in [-0.4, -0.2) is 72.0 Å². The predicted octanol–water partition coefficient (Wildman–Crippen LogP) is 2.44. The molecule has 5 heteroatoms. The van der Waals surface area contributed by atoms with E-state index in [0.29, 0.717) is 12.6 Å². The van der Waals surface area contributed by atoms with E-state index >= 15 is 0 Å². The highest BCUT2D eigenvalue weighted by Gasteiger charge is 2.23. The number of hydrogen-bond acceptors (Lipinski definition) is 4. The van der Waals surface area contributed by atoms with E-state index in [1.54, 1.807) is 0 Å². The molecule has 0 radical (unpaired) electrons. The Morgan fingerprint density at radius 3 is 2.52 bits per heavy atom. The average molecular weight is 342 g/mol. The molecule has 1 N–H and O–H groups in total. The second kappa shape index (κ2) is 9.90. The maximum Gasteiger partial charge on any atom is 0.234 e. The van der Waals surface area contributed by atoms with E-state index in [-0.39, 0.29) is 5.91 Å². The molecule has 0 aromatic heterocycles. The number of thioether (sulfide) groups is 1. The van der Waals surface area contributed by atoms with Crippen molar-refractivity contribution in [2.75, 3.05) is 45.0 Å². The molecule has 0 unspecified atom stereocenters. The normalized spacial score (nSPS) is 27.3. The largest absolute Gasteiger partial charge is 0.352 e. The Kier molecular flexibility index (Phi) is 8.21. The average Bonchev–Trinajstić information content (AvgIpc) is 2.48. The summed E-state index contributed by atoms with van der Waals surface area (Å²) >= 11 is 2.04. The summed E-state index contributed by atoms with van der Waals surface area (Å²) < 4.78 is 0. The van der Waals surface area contributed by atoms with Crippen LogP contribution in [0.1, 0.15) is 46.5 Å². The Morgan fingerprint density at radius 2 is 1.87 bits per heavy atom. The van der Waals surface area contributed by atoms with Gasteiger partial charge < -0.3 is 5.32 Å². The third-order valence-electron chi connectivity index (χ3n) is 4.99. The fraction of sp³-hybridized carbons (Fsp3) is 0.944. The summed E-state index contributed by atoms with van der Waals surface area (Å²) in [7, 11) is 0. The lowest BCUT2D eigenvalue weighted by Crippen LogP contribution is -2.51. The third-order valence-corrected chi connectivity index (χ3v) is 6.08. The van der Waals surface area contributed by atoms with Crippen LogP contribution in [0.2, 0.25) is 0 Å². The minimum atomic E-state index is 0.230. The number of carbonyl (C=O) groups is 1. The highest BCUT2D eigenvalue weighted by atomic mass is 32.2. The number of rotatable bonds is 7. The fourth-order valence-corrected chi connectivity index (χ4v) is 4.47. The van der Waals surface area contributed by atoms with Gasteiger partial charge in [-0.15, -0.1) is 0 Å². The lowest BCUT2D eigenvalue weighted by molar-refractivity contribution is -0.123. The molecule has 1 aliphatic carbocycles. The maximum atomic E-state index is 12.2. The summed E-state index contributed by atoms with van der Waals surface area (Å²) in [5.41, 5.74) is 0. The summed E-state index contributed by atoms with van der Waals surface area (Å²) in [5.74, 6) is 2.21. The lowest BCUT2D eigenvalue weighted by Gasteiger charge is -2.35. The van der Waals surface area contributed by atoms with Gasteiger partial charge in [0, 0.05) is 44.5 Å². The second-order valence-electron chi connectivity index (χ2n) is 7.57. The summed E-state index contributed by atoms with van der Waals surface area (Å²) in [6.07, 6.45) is 4.91. The molecule has 2 fully saturated rings. The molecule has 134 valence electrons. The van der Waals surface area contributed by atoms with Crippen LogP contribution in [0.15, 0.2) is 0 Å². The van der Waals surface area contributed by atoms with E-state index in [4.69, 9.17) is 0 Å². The van der Waals surface area contributed by atoms with Crippen molar-refractivity contribution in [3.63, 3.8) is 0 Å². The molecule has 4 nitrogen and oxygen atoms in total. The molecule has 1 amide bonds. The molecule has 0 aromatic rings. The summed E-state index contributed by atoms with van der Waals surface area (Å²) in [6.45, 7) is 12.8. The van der Waals surface area contributed by atoms with Crippen molar-refractivity contribution < 1.29 is 4.79 Å². The third kappa shape index (κ3) is 7.44. The maximum absolute atomic E-state index is 12.2. The first kappa shape index (κ1) is 19.1. The molecule has 2 atom stereocenters. The molecule has 1 aliphatic heterocycles. The standard InChI is InChI=1S/C18H35N3OS/c1-15(2)23-12-11-20-7-9-21(10-8-20)14-18(22)19-17-6-4-5-16(3)13-17/h15-17H,4-14H2,1-3H3,(H,19,22)/t16-,17-/m0/s1. The van der Waals surface area contributed by atoms with Crippen molar-refractivity contribution in [2.45, 2.75) is 57.7 Å². The highest BCUT2D eigenvalue weighted by Crippen LogP contribution is 2.23. The van der Waals surface area contributed by atoms with Crippen LogP contribution in [-0.2, 0) is 4.79 Å². The first-order valence-electron chi connectivity index (χ1n) is 9.38. The van der Waals surface area contributed by atoms with E-state index in [1.807, 2.05) is 11.8 Å². The number of nitrogens with one attached hydrogen (secondary N) is 1. The Morgan fingerprint density at radius 1 is 1.17 bits per heavy atom. The van der Waals surface area contributed by atoms with E-state index < -0.39 is 0 Å². The van der Waals surface area contributed by atoms with Gasteiger partial charge in [-0.1, -0.05) is 33.6 Å². The van der Waals surface area contributed by atoms with Gasteiger partial charge in [0.25, 0.3) is 0 Å². The van der Waals surface area contributed by atoms with Crippen molar-refractivity contribution in [2.24, 2.45) is 5.92 Å². The number of amides is 1. The van der Waals surface area contributed by atoms with Gasteiger partial charge in [-0.2, -0.15) is 11.8 Å². The van der Waals surface area contributed by atoms with Gasteiger partial charge in [0.05, 0.1) is 6.54 Å². The molecule has 2 rings (SSSR count). The number of nitrogens with zero attached hydrogens (tertiary/aromatic N) is 2. The Bertz CT molecular complexity index is 356. The van der Waals surface area contributed by atoms with Crippen molar-refractivity contribution >= 4 is 17.7 Å². The number of hydrogen-bond donors (Lipinski definition) is 1. The van der Waals surface area contributed by atoms with Gasteiger partial charge in [0.2, 0.25) is 5.91 Å². The molecular weight excluding hydrogens is 306 g/mol. The molecule has 1 saturated heterocycles. The van der Waals surface area contributed by atoms with Crippen LogP contribution in [0, 0.1) is 5.92 Å². The minimum Gasteiger partial charge on any atom is -0.352 e. The summed E-state index contributed by atoms with van der Waals surface area (Å²) in [6, 6.07) is 0.417. The van der Waals surface area contributed by atoms with E-state index in [0.717, 1.165) is 50.2 Å². The molecule has 23 heavy (non-hydrogen) atoms. The van der Waals surface area contributed by atoms with Gasteiger partial charge >= 0.3 is 0 Å². The van der Waals surface area contributed by atoms with Crippen LogP contribution in [0.3, 0.4) is 0 Å². The van der Waals surface area contributed by atoms with Crippen LogP contribution in [0.25, 0.3) is 0 Å². The molecule has 1 heterocycles. The smallest absolute Gasteiger partial charge is 0.234 e. The SMILES string of the molecule is CC(C)SCCN1CCN(CC(=O)N[C@H]2CCC[C@H](C)C2)CC1. The van der Waals surface area contributed by atoms with Crippen molar-refractivity contribution in [1.29, 1.82) is 0 Å². The second-order valence-corrected chi connectivity index (χ2v) is 9.26. The van der Waals surface area contributed by atoms with Crippen LogP contribution < -0.4 is 5.32 Å². The zero-order chi connectivity index (χ0) is 16.7. The van der Waals surface area contributed by atoms with Gasteiger partial charge in [-0.05, 0) is 24.0 Å². The van der Waals surface area contributed by atoms with Gasteiger partial charge in [-0.25, -0.2) is 0 Å². The summed E-state index contributed by atoms with van der Waals surface area (Å²) in [4.78, 5) is 17.1. The molecular formula is C18H35N3OS. The molecule has 2 aliphatic rings. The minimum absolute atomic E-state index is 0.230. The van der Waals surface area contributed by atoms with Crippen LogP contribution in [0.4, 0.5) is 0 Å². The zero-order valence-corrected chi connectivity index (χ0v) is 16.0. The highest BCUT2D eigenvalue weighted by molar-refractivity contribution is 7.99. The number of carbonyl (C=O) groups excluding carboxylic acids is 1. The van der Waals surface area contributed by atoms with E-state index in [2.05, 4.69) is 35.9 Å². The Hall–Kier alpha value is -0.260. The quantitative estimate of drug-likeness (QED) is 0.771. The van der Waals surface area contributed by atoms with Crippen LogP contribution in [0.5, 0.6) is 0 Å². The Balaban J connectivity index is 1.59. The van der Waals surface area contributed by atoms with Gasteiger partial charge in [0.15, 0.2) is 0 Å². The lowest BCUT2D eigenvalue weighted by atomic mass is 9.87. The first-order chi connectivity index (χ1) is 11.0. The van der Waals surface area contributed by atoms with Crippen molar-refractivity contribution in [3.8, 4) is 0 Å². The summed E-state index contributed by atoms with van der Waals surface area (Å²) in [5, 5.41) is 3.98. The number of piperazine rings is 1. The fourth-order valence-electron chi connectivity index (χ4n) is 3.63. The first-order valence-corrected chi connectivity index (χ1v) is 10.4. The van der Waals surface area contributed by atoms with Crippen LogP contribution >= 0.6 is 11.8 Å².